The van der Waals surface area contributed by atoms with Gasteiger partial charge in [-0.2, -0.15) is 0 Å². The maximum Gasteiger partial charge on any atom is 0.257 e. The Bertz CT molecular complexity index is 448. The van der Waals surface area contributed by atoms with E-state index in [2.05, 4.69) is 26.1 Å². The van der Waals surface area contributed by atoms with Gasteiger partial charge < -0.3 is 15.3 Å². The van der Waals surface area contributed by atoms with Gasteiger partial charge in [0, 0.05) is 29.3 Å². The van der Waals surface area contributed by atoms with Crippen molar-refractivity contribution in [3.05, 3.63) is 22.2 Å². The quantitative estimate of drug-likeness (QED) is 0.872. The van der Waals surface area contributed by atoms with Crippen LogP contribution in [0.4, 0.5) is 11.4 Å². The fourth-order valence-electron chi connectivity index (χ4n) is 1.72. The maximum absolute atomic E-state index is 11.3. The lowest BCUT2D eigenvalue weighted by Crippen LogP contribution is -2.16. The largest absolute Gasteiger partial charge is 0.378 e. The number of carbonyl (C=O) groups excluding carboxylic acids is 1. The molecular formula is C11H13BrN2O2. The molecule has 0 saturated carbocycles. The van der Waals surface area contributed by atoms with Gasteiger partial charge in [-0.15, -0.1) is 0 Å². The highest BCUT2D eigenvalue weighted by Gasteiger charge is 2.29. The molecule has 1 aliphatic heterocycles. The summed E-state index contributed by atoms with van der Waals surface area (Å²) in [5.74, 6) is -0.363. The standard InChI is InChI=1S/C11H13BrN2O2/c1-3-14(2)9-5-8-6(4-7(9)12)10(15)11(16)13-8/h4-5,10,15H,3H2,1-2H3,(H,13,16). The monoisotopic (exact) mass is 284 g/mol. The second kappa shape index (κ2) is 4.07. The molecule has 0 aliphatic carbocycles. The topological polar surface area (TPSA) is 52.6 Å². The molecule has 0 saturated heterocycles. The lowest BCUT2D eigenvalue weighted by atomic mass is 10.1. The van der Waals surface area contributed by atoms with Crippen molar-refractivity contribution in [2.24, 2.45) is 0 Å². The number of anilines is 2. The third kappa shape index (κ3) is 1.70. The van der Waals surface area contributed by atoms with Crippen LogP contribution in [-0.2, 0) is 4.79 Å². The molecule has 1 aromatic rings. The van der Waals surface area contributed by atoms with Crippen LogP contribution in [0.25, 0.3) is 0 Å². The average molecular weight is 285 g/mol. The molecule has 0 aromatic heterocycles. The van der Waals surface area contributed by atoms with Crippen LogP contribution in [0, 0.1) is 0 Å². The van der Waals surface area contributed by atoms with E-state index in [1.54, 1.807) is 6.07 Å². The van der Waals surface area contributed by atoms with Gasteiger partial charge in [-0.1, -0.05) is 0 Å². The Labute approximate surface area is 102 Å². The van der Waals surface area contributed by atoms with E-state index < -0.39 is 6.10 Å². The highest BCUT2D eigenvalue weighted by atomic mass is 79.9. The number of fused-ring (bicyclic) bond motifs is 1. The Hall–Kier alpha value is -1.07. The van der Waals surface area contributed by atoms with Crippen LogP contribution in [0.15, 0.2) is 16.6 Å². The van der Waals surface area contributed by atoms with Crippen molar-refractivity contribution < 1.29 is 9.90 Å². The first kappa shape index (κ1) is 11.4. The van der Waals surface area contributed by atoms with E-state index in [1.165, 1.54) is 0 Å². The summed E-state index contributed by atoms with van der Waals surface area (Å²) in [5.41, 5.74) is 2.32. The molecule has 0 spiro atoms. The summed E-state index contributed by atoms with van der Waals surface area (Å²) in [7, 11) is 1.97. The predicted octanol–water partition coefficient (Wildman–Crippen LogP) is 1.89. The minimum Gasteiger partial charge on any atom is -0.378 e. The zero-order valence-electron chi connectivity index (χ0n) is 9.12. The van der Waals surface area contributed by atoms with Crippen molar-refractivity contribution in [1.29, 1.82) is 0 Å². The zero-order chi connectivity index (χ0) is 11.9. The molecule has 1 amide bonds. The number of carbonyl (C=O) groups is 1. The van der Waals surface area contributed by atoms with Crippen LogP contribution in [0.2, 0.25) is 0 Å². The van der Waals surface area contributed by atoms with E-state index in [0.29, 0.717) is 11.3 Å². The maximum atomic E-state index is 11.3. The normalized spacial score (nSPS) is 18.2. The van der Waals surface area contributed by atoms with Crippen LogP contribution in [-0.4, -0.2) is 24.6 Å². The molecule has 0 radical (unpaired) electrons. The third-order valence-electron chi connectivity index (χ3n) is 2.81. The number of rotatable bonds is 2. The molecule has 5 heteroatoms. The summed E-state index contributed by atoms with van der Waals surface area (Å²) >= 11 is 3.45. The summed E-state index contributed by atoms with van der Waals surface area (Å²) in [4.78, 5) is 13.4. The number of nitrogens with zero attached hydrogens (tertiary/aromatic N) is 1. The van der Waals surface area contributed by atoms with E-state index >= 15 is 0 Å². The van der Waals surface area contributed by atoms with Gasteiger partial charge in [0.2, 0.25) is 0 Å². The highest BCUT2D eigenvalue weighted by molar-refractivity contribution is 9.10. The number of halogens is 1. The second-order valence-corrected chi connectivity index (χ2v) is 4.65. The number of nitrogens with one attached hydrogen (secondary N) is 1. The van der Waals surface area contributed by atoms with Crippen LogP contribution >= 0.6 is 15.9 Å². The number of amides is 1. The van der Waals surface area contributed by atoms with E-state index in [9.17, 15) is 9.90 Å². The van der Waals surface area contributed by atoms with E-state index in [0.717, 1.165) is 16.7 Å². The highest BCUT2D eigenvalue weighted by Crippen LogP contribution is 2.38. The molecule has 4 nitrogen and oxygen atoms in total. The number of benzene rings is 1. The zero-order valence-corrected chi connectivity index (χ0v) is 10.7. The molecule has 0 bridgehead atoms. The summed E-state index contributed by atoms with van der Waals surface area (Å²) in [6.07, 6.45) is -1.05. The Morgan fingerprint density at radius 1 is 1.56 bits per heavy atom. The van der Waals surface area contributed by atoms with Gasteiger partial charge >= 0.3 is 0 Å². The lowest BCUT2D eigenvalue weighted by molar-refractivity contribution is -0.123. The molecule has 2 N–H and O–H groups in total. The van der Waals surface area contributed by atoms with Gasteiger partial charge in [-0.25, -0.2) is 0 Å². The van der Waals surface area contributed by atoms with Gasteiger partial charge in [0.15, 0.2) is 6.10 Å². The average Bonchev–Trinajstić information content (AvgIpc) is 2.53. The van der Waals surface area contributed by atoms with Crippen molar-refractivity contribution in [3.8, 4) is 0 Å². The van der Waals surface area contributed by atoms with Gasteiger partial charge in [0.05, 0.1) is 5.69 Å². The van der Waals surface area contributed by atoms with Crippen molar-refractivity contribution in [3.63, 3.8) is 0 Å². The Morgan fingerprint density at radius 2 is 2.25 bits per heavy atom. The lowest BCUT2D eigenvalue weighted by Gasteiger charge is -2.19. The summed E-state index contributed by atoms with van der Waals surface area (Å²) in [5, 5.41) is 12.3. The first-order valence-corrected chi connectivity index (χ1v) is 5.87. The summed E-state index contributed by atoms with van der Waals surface area (Å²) in [6, 6.07) is 3.66. The number of aliphatic hydroxyl groups is 1. The van der Waals surface area contributed by atoms with E-state index in [1.807, 2.05) is 20.0 Å². The van der Waals surface area contributed by atoms with Crippen LogP contribution in [0.3, 0.4) is 0 Å². The smallest absolute Gasteiger partial charge is 0.257 e. The number of hydrogen-bond acceptors (Lipinski definition) is 3. The summed E-state index contributed by atoms with van der Waals surface area (Å²) < 4.78 is 0.881. The second-order valence-electron chi connectivity index (χ2n) is 3.80. The molecule has 1 unspecified atom stereocenters. The molecule has 1 aromatic carbocycles. The van der Waals surface area contributed by atoms with Crippen LogP contribution in [0.1, 0.15) is 18.6 Å². The molecule has 1 atom stereocenters. The number of hydrogen-bond donors (Lipinski definition) is 2. The minimum absolute atomic E-state index is 0.363. The molecule has 1 heterocycles. The van der Waals surface area contributed by atoms with Gasteiger partial charge in [-0.05, 0) is 35.0 Å². The first-order valence-electron chi connectivity index (χ1n) is 5.08. The molecule has 1 aliphatic rings. The van der Waals surface area contributed by atoms with Crippen LogP contribution < -0.4 is 10.2 Å². The van der Waals surface area contributed by atoms with Crippen molar-refractivity contribution in [2.45, 2.75) is 13.0 Å². The van der Waals surface area contributed by atoms with Gasteiger partial charge in [0.25, 0.3) is 5.91 Å². The minimum atomic E-state index is -1.05. The molecule has 86 valence electrons. The summed E-state index contributed by atoms with van der Waals surface area (Å²) in [6.45, 7) is 2.92. The van der Waals surface area contributed by atoms with Crippen molar-refractivity contribution in [2.75, 3.05) is 23.8 Å². The van der Waals surface area contributed by atoms with E-state index in [4.69, 9.17) is 0 Å². The van der Waals surface area contributed by atoms with Crippen molar-refractivity contribution >= 4 is 33.2 Å². The Balaban J connectivity index is 2.48. The molecular weight excluding hydrogens is 272 g/mol. The molecule has 2 rings (SSSR count). The Morgan fingerprint density at radius 3 is 2.88 bits per heavy atom. The van der Waals surface area contributed by atoms with Gasteiger partial charge in [-0.3, -0.25) is 4.79 Å². The van der Waals surface area contributed by atoms with E-state index in [-0.39, 0.29) is 5.91 Å². The fraction of sp³-hybridized carbons (Fsp3) is 0.364. The molecule has 0 fully saturated rings. The third-order valence-corrected chi connectivity index (χ3v) is 3.44. The fourth-order valence-corrected chi connectivity index (χ4v) is 2.38. The SMILES string of the molecule is CCN(C)c1cc2c(cc1Br)C(O)C(=O)N2. The van der Waals surface area contributed by atoms with Crippen molar-refractivity contribution in [1.82, 2.24) is 0 Å². The molecule has 16 heavy (non-hydrogen) atoms. The predicted molar refractivity (Wildman–Crippen MR) is 66.7 cm³/mol. The van der Waals surface area contributed by atoms with Gasteiger partial charge in [0.1, 0.15) is 0 Å². The number of aliphatic hydroxyl groups excluding tert-OH is 1. The Kier molecular flexibility index (Phi) is 2.90. The van der Waals surface area contributed by atoms with Crippen LogP contribution in [0.5, 0.6) is 0 Å². The first-order chi connectivity index (χ1) is 7.54.